The van der Waals surface area contributed by atoms with E-state index in [-0.39, 0.29) is 23.0 Å². The molecule has 1 atom stereocenters. The first-order chi connectivity index (χ1) is 15.6. The molecule has 0 bridgehead atoms. The summed E-state index contributed by atoms with van der Waals surface area (Å²) < 4.78 is 41.4. The average Bonchev–Trinajstić information content (AvgIpc) is 2.74. The molecule has 0 fully saturated rings. The smallest absolute Gasteiger partial charge is 0.327 e. The van der Waals surface area contributed by atoms with Crippen LogP contribution < -0.4 is 15.5 Å². The summed E-state index contributed by atoms with van der Waals surface area (Å²) in [6.45, 7) is 4.56. The van der Waals surface area contributed by atoms with Gasteiger partial charge in [0.25, 0.3) is 0 Å². The number of nitrogens with zero attached hydrogens (tertiary/aromatic N) is 3. The zero-order valence-corrected chi connectivity index (χ0v) is 18.3. The molecule has 0 spiro atoms. The van der Waals surface area contributed by atoms with E-state index in [1.807, 2.05) is 0 Å². The van der Waals surface area contributed by atoms with Gasteiger partial charge in [-0.1, -0.05) is 6.07 Å². The normalized spacial score (nSPS) is 12.2. The van der Waals surface area contributed by atoms with Crippen LogP contribution in [0, 0.1) is 17.5 Å². The van der Waals surface area contributed by atoms with Gasteiger partial charge in [-0.3, -0.25) is 0 Å². The van der Waals surface area contributed by atoms with E-state index in [0.717, 1.165) is 17.0 Å². The molecule has 0 aliphatic heterocycles. The van der Waals surface area contributed by atoms with Crippen molar-refractivity contribution < 1.29 is 23.1 Å². The molecule has 2 aromatic carbocycles. The lowest BCUT2D eigenvalue weighted by atomic mass is 10.0. The minimum absolute atomic E-state index is 0.119. The van der Waals surface area contributed by atoms with Gasteiger partial charge in [-0.2, -0.15) is 4.98 Å². The summed E-state index contributed by atoms with van der Waals surface area (Å²) in [7, 11) is 0. The van der Waals surface area contributed by atoms with Crippen LogP contribution in [-0.2, 0) is 6.54 Å². The molecule has 0 aliphatic carbocycles. The van der Waals surface area contributed by atoms with Crippen molar-refractivity contribution in [1.82, 2.24) is 15.3 Å². The number of amides is 2. The fourth-order valence-corrected chi connectivity index (χ4v) is 2.80. The first-order valence-electron chi connectivity index (χ1n) is 10.1. The minimum Gasteiger partial charge on any atom is -0.388 e. The Morgan fingerprint density at radius 3 is 2.33 bits per heavy atom. The molecule has 0 unspecified atom stereocenters. The molecule has 0 radical (unpaired) electrons. The molecule has 0 saturated heterocycles. The summed E-state index contributed by atoms with van der Waals surface area (Å²) in [6.07, 6.45) is 1.40. The Bertz CT molecular complexity index is 1100. The van der Waals surface area contributed by atoms with Gasteiger partial charge < -0.3 is 15.7 Å². The number of benzene rings is 2. The standard InChI is InChI=1S/C23H24F3N5O2/c1-14(23(2,3)33)29-21-27-12-11-20(30-21)31(16-9-7-15(24)8-10-16)22(32)28-13-17-18(25)5-4-6-19(17)26/h4-12,14,33H,13H2,1-3H3,(H,28,32)(H,27,29,30)/t14-/m0/s1. The predicted molar refractivity (Wildman–Crippen MR) is 119 cm³/mol. The second kappa shape index (κ2) is 9.86. The number of hydrogen-bond donors (Lipinski definition) is 3. The summed E-state index contributed by atoms with van der Waals surface area (Å²) in [5, 5.41) is 15.6. The topological polar surface area (TPSA) is 90.4 Å². The van der Waals surface area contributed by atoms with Crippen molar-refractivity contribution in [1.29, 1.82) is 0 Å². The molecule has 3 aromatic rings. The molecule has 3 N–H and O–H groups in total. The number of carbonyl (C=O) groups is 1. The van der Waals surface area contributed by atoms with Gasteiger partial charge in [-0.25, -0.2) is 27.8 Å². The van der Waals surface area contributed by atoms with Gasteiger partial charge in [-0.05, 0) is 57.2 Å². The second-order valence-corrected chi connectivity index (χ2v) is 7.93. The second-order valence-electron chi connectivity index (χ2n) is 7.93. The van der Waals surface area contributed by atoms with E-state index in [9.17, 15) is 23.1 Å². The lowest BCUT2D eigenvalue weighted by Crippen LogP contribution is -2.40. The van der Waals surface area contributed by atoms with E-state index >= 15 is 0 Å². The predicted octanol–water partition coefficient (Wildman–Crippen LogP) is 4.51. The Balaban J connectivity index is 1.91. The molecule has 1 heterocycles. The summed E-state index contributed by atoms with van der Waals surface area (Å²) in [5.74, 6) is -1.83. The average molecular weight is 459 g/mol. The van der Waals surface area contributed by atoms with Crippen LogP contribution in [0.1, 0.15) is 26.3 Å². The number of carbonyl (C=O) groups excluding carboxylic acids is 1. The maximum atomic E-state index is 14.0. The summed E-state index contributed by atoms with van der Waals surface area (Å²) in [5.41, 5.74) is -1.10. The van der Waals surface area contributed by atoms with Crippen LogP contribution in [0.5, 0.6) is 0 Å². The van der Waals surface area contributed by atoms with E-state index < -0.39 is 41.7 Å². The van der Waals surface area contributed by atoms with Gasteiger partial charge >= 0.3 is 6.03 Å². The molecule has 0 saturated carbocycles. The van der Waals surface area contributed by atoms with Crippen LogP contribution in [0.2, 0.25) is 0 Å². The molecule has 7 nitrogen and oxygen atoms in total. The van der Waals surface area contributed by atoms with Crippen molar-refractivity contribution in [3.8, 4) is 0 Å². The van der Waals surface area contributed by atoms with Gasteiger partial charge in [0.05, 0.1) is 23.9 Å². The van der Waals surface area contributed by atoms with E-state index in [0.29, 0.717) is 0 Å². The number of aromatic nitrogens is 2. The highest BCUT2D eigenvalue weighted by Gasteiger charge is 2.25. The number of rotatable bonds is 7. The molecule has 33 heavy (non-hydrogen) atoms. The van der Waals surface area contributed by atoms with Crippen molar-refractivity contribution in [2.24, 2.45) is 0 Å². The van der Waals surface area contributed by atoms with Crippen molar-refractivity contribution in [3.05, 3.63) is 77.7 Å². The molecular weight excluding hydrogens is 435 g/mol. The Kier molecular flexibility index (Phi) is 7.17. The van der Waals surface area contributed by atoms with E-state index in [2.05, 4.69) is 20.6 Å². The van der Waals surface area contributed by atoms with Crippen LogP contribution in [0.25, 0.3) is 0 Å². The molecule has 174 valence electrons. The lowest BCUT2D eigenvalue weighted by Gasteiger charge is -2.27. The van der Waals surface area contributed by atoms with Crippen LogP contribution in [0.15, 0.2) is 54.7 Å². The van der Waals surface area contributed by atoms with Crippen LogP contribution >= 0.6 is 0 Å². The van der Waals surface area contributed by atoms with Crippen LogP contribution in [0.4, 0.5) is 35.4 Å². The molecular formula is C23H24F3N5O2. The number of anilines is 3. The van der Waals surface area contributed by atoms with Crippen molar-refractivity contribution in [2.45, 2.75) is 39.0 Å². The van der Waals surface area contributed by atoms with Gasteiger partial charge in [-0.15, -0.1) is 0 Å². The third-order valence-electron chi connectivity index (χ3n) is 5.04. The summed E-state index contributed by atoms with van der Waals surface area (Å²) in [6, 6.07) is 8.77. The van der Waals surface area contributed by atoms with Gasteiger partial charge in [0.1, 0.15) is 23.3 Å². The number of nitrogens with one attached hydrogen (secondary N) is 2. The summed E-state index contributed by atoms with van der Waals surface area (Å²) in [4.78, 5) is 22.6. The Morgan fingerprint density at radius 1 is 1.09 bits per heavy atom. The maximum absolute atomic E-state index is 14.0. The number of halogens is 3. The van der Waals surface area contributed by atoms with Gasteiger partial charge in [0.15, 0.2) is 0 Å². The molecule has 3 rings (SSSR count). The van der Waals surface area contributed by atoms with Crippen molar-refractivity contribution in [2.75, 3.05) is 10.2 Å². The highest BCUT2D eigenvalue weighted by Crippen LogP contribution is 2.25. The van der Waals surface area contributed by atoms with Crippen molar-refractivity contribution >= 4 is 23.5 Å². The van der Waals surface area contributed by atoms with E-state index in [1.165, 1.54) is 42.6 Å². The zero-order chi connectivity index (χ0) is 24.2. The van der Waals surface area contributed by atoms with E-state index in [4.69, 9.17) is 0 Å². The fourth-order valence-electron chi connectivity index (χ4n) is 2.80. The van der Waals surface area contributed by atoms with Crippen molar-refractivity contribution in [3.63, 3.8) is 0 Å². The monoisotopic (exact) mass is 459 g/mol. The zero-order valence-electron chi connectivity index (χ0n) is 18.3. The third-order valence-corrected chi connectivity index (χ3v) is 5.04. The number of aliphatic hydroxyl groups is 1. The molecule has 2 amide bonds. The maximum Gasteiger partial charge on any atom is 0.327 e. The first kappa shape index (κ1) is 24.0. The fraction of sp³-hybridized carbons (Fsp3) is 0.261. The quantitative estimate of drug-likeness (QED) is 0.484. The minimum atomic E-state index is -1.07. The Hall–Kier alpha value is -3.66. The van der Waals surface area contributed by atoms with E-state index in [1.54, 1.807) is 20.8 Å². The largest absolute Gasteiger partial charge is 0.388 e. The molecule has 1 aromatic heterocycles. The number of urea groups is 1. The Morgan fingerprint density at radius 2 is 1.73 bits per heavy atom. The van der Waals surface area contributed by atoms with Crippen LogP contribution in [0.3, 0.4) is 0 Å². The highest BCUT2D eigenvalue weighted by molar-refractivity contribution is 5.98. The molecule has 0 aliphatic rings. The third kappa shape index (κ3) is 5.98. The lowest BCUT2D eigenvalue weighted by molar-refractivity contribution is 0.0646. The first-order valence-corrected chi connectivity index (χ1v) is 10.1. The highest BCUT2D eigenvalue weighted by atomic mass is 19.1. The summed E-state index contributed by atoms with van der Waals surface area (Å²) >= 11 is 0. The molecule has 10 heteroatoms. The van der Waals surface area contributed by atoms with Crippen LogP contribution in [-0.4, -0.2) is 32.7 Å². The van der Waals surface area contributed by atoms with Gasteiger partial charge in [0.2, 0.25) is 5.95 Å². The Labute approximate surface area is 189 Å². The SMILES string of the molecule is C[C@H](Nc1nccc(N(C(=O)NCc2c(F)cccc2F)c2ccc(F)cc2)n1)C(C)(C)O. The van der Waals surface area contributed by atoms with Gasteiger partial charge in [0, 0.05) is 17.8 Å². The number of hydrogen-bond acceptors (Lipinski definition) is 5.